The van der Waals surface area contributed by atoms with Crippen molar-refractivity contribution in [2.75, 3.05) is 19.6 Å². The number of hydrogen-bond acceptors (Lipinski definition) is 3. The molecule has 0 unspecified atom stereocenters. The van der Waals surface area contributed by atoms with E-state index < -0.39 is 10.0 Å². The number of nitrogens with one attached hydrogen (secondary N) is 2. The molecule has 0 radical (unpaired) electrons. The molecular formula is C27H32N4O3S. The van der Waals surface area contributed by atoms with Crippen molar-refractivity contribution in [1.29, 1.82) is 0 Å². The van der Waals surface area contributed by atoms with Crippen molar-refractivity contribution >= 4 is 37.7 Å². The fourth-order valence-corrected chi connectivity index (χ4v) is 6.66. The van der Waals surface area contributed by atoms with Crippen LogP contribution >= 0.6 is 0 Å². The van der Waals surface area contributed by atoms with Crippen LogP contribution in [0.1, 0.15) is 30.9 Å². The van der Waals surface area contributed by atoms with Gasteiger partial charge in [0.05, 0.1) is 10.8 Å². The van der Waals surface area contributed by atoms with Crippen LogP contribution in [0.15, 0.2) is 59.8 Å². The SMILES string of the molecule is CCn1ccc2cc(S(=O)(=O)N3CCC[C@H](C(=O)NCCc4c[nH]c5ccc(C)cc45)C3)ccc21. The predicted molar refractivity (Wildman–Crippen MR) is 139 cm³/mol. The van der Waals surface area contributed by atoms with Crippen LogP contribution in [0.4, 0.5) is 0 Å². The first-order valence-electron chi connectivity index (χ1n) is 12.3. The lowest BCUT2D eigenvalue weighted by Crippen LogP contribution is -2.45. The van der Waals surface area contributed by atoms with Crippen LogP contribution in [0.5, 0.6) is 0 Å². The summed E-state index contributed by atoms with van der Waals surface area (Å²) in [6.07, 6.45) is 6.06. The van der Waals surface area contributed by atoms with E-state index in [9.17, 15) is 13.2 Å². The van der Waals surface area contributed by atoms with Gasteiger partial charge in [0.15, 0.2) is 0 Å². The van der Waals surface area contributed by atoms with Crippen LogP contribution in [0, 0.1) is 12.8 Å². The number of benzene rings is 2. The lowest BCUT2D eigenvalue weighted by atomic mass is 9.98. The zero-order valence-corrected chi connectivity index (χ0v) is 21.1. The molecule has 0 saturated carbocycles. The molecule has 35 heavy (non-hydrogen) atoms. The van der Waals surface area contributed by atoms with Crippen LogP contribution in [0.2, 0.25) is 0 Å². The average molecular weight is 493 g/mol. The van der Waals surface area contributed by atoms with Gasteiger partial charge >= 0.3 is 0 Å². The Balaban J connectivity index is 1.23. The Kier molecular flexibility index (Phi) is 6.42. The highest BCUT2D eigenvalue weighted by Gasteiger charge is 2.33. The number of aromatic nitrogens is 2. The molecule has 1 aliphatic rings. The molecule has 1 amide bonds. The van der Waals surface area contributed by atoms with Gasteiger partial charge in [-0.15, -0.1) is 0 Å². The number of piperidine rings is 1. The van der Waals surface area contributed by atoms with Crippen molar-refractivity contribution in [3.8, 4) is 0 Å². The summed E-state index contributed by atoms with van der Waals surface area (Å²) in [6.45, 7) is 6.14. The minimum Gasteiger partial charge on any atom is -0.361 e. The number of hydrogen-bond donors (Lipinski definition) is 2. The topological polar surface area (TPSA) is 87.2 Å². The van der Waals surface area contributed by atoms with E-state index in [2.05, 4.69) is 46.9 Å². The van der Waals surface area contributed by atoms with Crippen molar-refractivity contribution in [2.24, 2.45) is 5.92 Å². The van der Waals surface area contributed by atoms with Crippen LogP contribution in [-0.2, 0) is 27.8 Å². The van der Waals surface area contributed by atoms with Crippen LogP contribution in [-0.4, -0.2) is 47.8 Å². The van der Waals surface area contributed by atoms with Crippen LogP contribution in [0.3, 0.4) is 0 Å². The highest BCUT2D eigenvalue weighted by molar-refractivity contribution is 7.89. The Hall–Kier alpha value is -3.10. The second-order valence-electron chi connectivity index (χ2n) is 9.43. The number of carbonyl (C=O) groups is 1. The quantitative estimate of drug-likeness (QED) is 0.405. The van der Waals surface area contributed by atoms with E-state index in [0.29, 0.717) is 25.9 Å². The lowest BCUT2D eigenvalue weighted by Gasteiger charge is -2.31. The Labute approximate surface area is 206 Å². The minimum atomic E-state index is -3.66. The first kappa shape index (κ1) is 23.6. The van der Waals surface area contributed by atoms with E-state index in [1.807, 2.05) is 24.5 Å². The summed E-state index contributed by atoms with van der Waals surface area (Å²) >= 11 is 0. The molecule has 0 spiro atoms. The first-order valence-corrected chi connectivity index (χ1v) is 13.7. The van der Waals surface area contributed by atoms with Crippen molar-refractivity contribution < 1.29 is 13.2 Å². The van der Waals surface area contributed by atoms with E-state index in [1.165, 1.54) is 20.8 Å². The summed E-state index contributed by atoms with van der Waals surface area (Å²) in [4.78, 5) is 16.5. The number of H-pyrrole nitrogens is 1. The number of sulfonamides is 1. The zero-order chi connectivity index (χ0) is 24.6. The van der Waals surface area contributed by atoms with E-state index in [4.69, 9.17) is 0 Å². The molecule has 7 nitrogen and oxygen atoms in total. The summed E-state index contributed by atoms with van der Waals surface area (Å²) in [5.41, 5.74) is 4.49. The third-order valence-corrected chi connectivity index (χ3v) is 8.95. The first-order chi connectivity index (χ1) is 16.9. The van der Waals surface area contributed by atoms with Crippen molar-refractivity contribution in [1.82, 2.24) is 19.2 Å². The number of fused-ring (bicyclic) bond motifs is 2. The van der Waals surface area contributed by atoms with Gasteiger partial charge in [-0.05, 0) is 75.1 Å². The number of aromatic amines is 1. The molecule has 1 saturated heterocycles. The highest BCUT2D eigenvalue weighted by atomic mass is 32.2. The standard InChI is InChI=1S/C27H32N4O3S/c1-3-30-14-11-20-16-23(7-9-26(20)30)35(33,34)31-13-4-5-22(18-31)27(32)28-12-10-21-17-29-25-8-6-19(2)15-24(21)25/h6-9,11,14-17,22,29H,3-5,10,12-13,18H2,1-2H3,(H,28,32)/t22-/m0/s1. The van der Waals surface area contributed by atoms with Gasteiger partial charge in [-0.3, -0.25) is 4.79 Å². The largest absolute Gasteiger partial charge is 0.361 e. The van der Waals surface area contributed by atoms with Crippen molar-refractivity contribution in [2.45, 2.75) is 44.6 Å². The fourth-order valence-electron chi connectivity index (χ4n) is 5.10. The van der Waals surface area contributed by atoms with Gasteiger partial charge in [-0.25, -0.2) is 8.42 Å². The monoisotopic (exact) mass is 492 g/mol. The molecule has 1 fully saturated rings. The molecule has 8 heteroatoms. The Morgan fingerprint density at radius 2 is 2.03 bits per heavy atom. The van der Waals surface area contributed by atoms with Crippen molar-refractivity contribution in [3.63, 3.8) is 0 Å². The highest BCUT2D eigenvalue weighted by Crippen LogP contribution is 2.27. The van der Waals surface area contributed by atoms with Crippen molar-refractivity contribution in [3.05, 3.63) is 66.0 Å². The van der Waals surface area contributed by atoms with Gasteiger partial charge < -0.3 is 14.9 Å². The fraction of sp³-hybridized carbons (Fsp3) is 0.370. The number of carbonyl (C=O) groups excluding carboxylic acids is 1. The molecule has 184 valence electrons. The molecule has 0 bridgehead atoms. The Bertz CT molecular complexity index is 1480. The number of rotatable bonds is 7. The average Bonchev–Trinajstić information content (AvgIpc) is 3.47. The molecule has 4 aromatic rings. The molecule has 3 heterocycles. The number of amides is 1. The van der Waals surface area contributed by atoms with E-state index >= 15 is 0 Å². The van der Waals surface area contributed by atoms with E-state index in [-0.39, 0.29) is 23.3 Å². The summed E-state index contributed by atoms with van der Waals surface area (Å²) in [5, 5.41) is 5.13. The van der Waals surface area contributed by atoms with Gasteiger partial charge in [0.25, 0.3) is 0 Å². The molecule has 2 aromatic carbocycles. The summed E-state index contributed by atoms with van der Waals surface area (Å²) in [5.74, 6) is -0.412. The Morgan fingerprint density at radius 1 is 1.17 bits per heavy atom. The van der Waals surface area contributed by atoms with E-state index in [1.54, 1.807) is 12.1 Å². The van der Waals surface area contributed by atoms with Gasteiger partial charge in [0.1, 0.15) is 0 Å². The third-order valence-electron chi connectivity index (χ3n) is 7.09. The lowest BCUT2D eigenvalue weighted by molar-refractivity contribution is -0.126. The number of aryl methyl sites for hydroxylation is 2. The summed E-state index contributed by atoms with van der Waals surface area (Å²) in [7, 11) is -3.66. The maximum absolute atomic E-state index is 13.4. The summed E-state index contributed by atoms with van der Waals surface area (Å²) in [6, 6.07) is 13.5. The van der Waals surface area contributed by atoms with Gasteiger partial charge in [-0.2, -0.15) is 4.31 Å². The maximum Gasteiger partial charge on any atom is 0.243 e. The molecule has 1 atom stereocenters. The van der Waals surface area contributed by atoms with Gasteiger partial charge in [0.2, 0.25) is 15.9 Å². The molecule has 2 N–H and O–H groups in total. The molecular weight excluding hydrogens is 460 g/mol. The van der Waals surface area contributed by atoms with Gasteiger partial charge in [0, 0.05) is 60.4 Å². The zero-order valence-electron chi connectivity index (χ0n) is 20.3. The third kappa shape index (κ3) is 4.60. The second kappa shape index (κ2) is 9.51. The van der Waals surface area contributed by atoms with Crippen LogP contribution < -0.4 is 5.32 Å². The second-order valence-corrected chi connectivity index (χ2v) is 11.4. The Morgan fingerprint density at radius 3 is 2.86 bits per heavy atom. The van der Waals surface area contributed by atoms with Gasteiger partial charge in [-0.1, -0.05) is 11.6 Å². The molecule has 1 aliphatic heterocycles. The van der Waals surface area contributed by atoms with E-state index in [0.717, 1.165) is 29.4 Å². The minimum absolute atomic E-state index is 0.0728. The maximum atomic E-state index is 13.4. The smallest absolute Gasteiger partial charge is 0.243 e. The normalized spacial score (nSPS) is 17.3. The summed E-state index contributed by atoms with van der Waals surface area (Å²) < 4.78 is 30.3. The predicted octanol–water partition coefficient (Wildman–Crippen LogP) is 4.21. The molecule has 2 aromatic heterocycles. The molecule has 0 aliphatic carbocycles. The number of nitrogens with zero attached hydrogens (tertiary/aromatic N) is 2. The molecule has 5 rings (SSSR count). The van der Waals surface area contributed by atoms with Crippen LogP contribution in [0.25, 0.3) is 21.8 Å².